The lowest BCUT2D eigenvalue weighted by molar-refractivity contribution is -0.167. The van der Waals surface area contributed by atoms with Crippen molar-refractivity contribution < 1.29 is 28.6 Å². The Kier molecular flexibility index (Phi) is 52.4. The predicted octanol–water partition coefficient (Wildman–Crippen LogP) is 18.7. The highest BCUT2D eigenvalue weighted by Gasteiger charge is 2.19. The maximum Gasteiger partial charge on any atom is 0.306 e. The second-order valence-electron chi connectivity index (χ2n) is 18.1. The molecule has 0 aromatic carbocycles. The molecular weight excluding hydrogens is 841 g/mol. The van der Waals surface area contributed by atoms with E-state index >= 15 is 0 Å². The van der Waals surface area contributed by atoms with E-state index in [1.54, 1.807) is 0 Å². The van der Waals surface area contributed by atoms with Crippen LogP contribution in [0.2, 0.25) is 0 Å². The fourth-order valence-electron chi connectivity index (χ4n) is 7.28. The van der Waals surface area contributed by atoms with Gasteiger partial charge in [0, 0.05) is 19.3 Å². The molecule has 0 saturated heterocycles. The van der Waals surface area contributed by atoms with Crippen LogP contribution in [0.15, 0.2) is 109 Å². The van der Waals surface area contributed by atoms with E-state index in [2.05, 4.69) is 130 Å². The maximum absolute atomic E-state index is 12.8. The fraction of sp³-hybridized carbons (Fsp3) is 0.661. The number of unbranched alkanes of at least 4 members (excludes halogenated alkanes) is 20. The van der Waals surface area contributed by atoms with Gasteiger partial charge in [-0.25, -0.2) is 0 Å². The summed E-state index contributed by atoms with van der Waals surface area (Å²) in [5.41, 5.74) is 0. The van der Waals surface area contributed by atoms with E-state index < -0.39 is 6.10 Å². The lowest BCUT2D eigenvalue weighted by Gasteiger charge is -2.18. The highest BCUT2D eigenvalue weighted by Crippen LogP contribution is 2.13. The van der Waals surface area contributed by atoms with Crippen molar-refractivity contribution in [3.8, 4) is 0 Å². The summed E-state index contributed by atoms with van der Waals surface area (Å²) in [4.78, 5) is 38.1. The summed E-state index contributed by atoms with van der Waals surface area (Å²) in [6, 6.07) is 0. The summed E-state index contributed by atoms with van der Waals surface area (Å²) < 4.78 is 16.8. The number of ether oxygens (including phenoxy) is 3. The Morgan fingerprint density at radius 2 is 0.588 bits per heavy atom. The van der Waals surface area contributed by atoms with Crippen molar-refractivity contribution in [1.29, 1.82) is 0 Å². The summed E-state index contributed by atoms with van der Waals surface area (Å²) in [6.45, 7) is 6.41. The third-order valence-electron chi connectivity index (χ3n) is 11.5. The second kappa shape index (κ2) is 55.7. The van der Waals surface area contributed by atoms with E-state index in [9.17, 15) is 14.4 Å². The zero-order valence-electron chi connectivity index (χ0n) is 44.1. The molecule has 386 valence electrons. The minimum absolute atomic E-state index is 0.101. The molecule has 0 fully saturated rings. The topological polar surface area (TPSA) is 78.9 Å². The number of esters is 3. The van der Waals surface area contributed by atoms with Gasteiger partial charge in [-0.2, -0.15) is 0 Å². The van der Waals surface area contributed by atoms with Gasteiger partial charge in [0.1, 0.15) is 13.2 Å². The molecule has 0 amide bonds. The van der Waals surface area contributed by atoms with E-state index in [0.717, 1.165) is 116 Å². The molecule has 0 aromatic rings. The van der Waals surface area contributed by atoms with Crippen LogP contribution in [-0.2, 0) is 28.6 Å². The molecule has 68 heavy (non-hydrogen) atoms. The molecule has 0 aromatic heterocycles. The highest BCUT2D eigenvalue weighted by molar-refractivity contribution is 5.71. The Morgan fingerprint density at radius 1 is 0.309 bits per heavy atom. The number of hydrogen-bond acceptors (Lipinski definition) is 6. The Morgan fingerprint density at radius 3 is 0.985 bits per heavy atom. The van der Waals surface area contributed by atoms with Gasteiger partial charge in [-0.1, -0.05) is 214 Å². The van der Waals surface area contributed by atoms with Gasteiger partial charge < -0.3 is 14.2 Å². The van der Waals surface area contributed by atoms with Crippen LogP contribution in [0.1, 0.15) is 245 Å². The number of carbonyl (C=O) groups is 3. The third kappa shape index (κ3) is 53.0. The van der Waals surface area contributed by atoms with E-state index in [1.807, 2.05) is 0 Å². The number of carbonyl (C=O) groups excluding carboxylic acids is 3. The first-order chi connectivity index (χ1) is 33.5. The molecular formula is C62H102O6. The largest absolute Gasteiger partial charge is 0.462 e. The monoisotopic (exact) mass is 943 g/mol. The summed E-state index contributed by atoms with van der Waals surface area (Å²) in [7, 11) is 0. The normalized spacial score (nSPS) is 12.9. The standard InChI is InChI=1S/C62H102O6/c1-4-7-10-13-16-19-22-24-26-28-30-31-32-34-35-37-40-43-46-49-52-55-61(64)67-58-59(57-66-60(63)54-51-48-45-42-39-21-18-15-12-9-6-3)68-62(65)56-53-50-47-44-41-38-36-33-29-27-25-23-20-17-14-11-8-5-2/h7,10,15-16,18-20,23-24,26-27,29-31,34-35,40,43,59H,4-6,8-9,11-14,17,21-22,25,28,32-33,36-39,41-42,44-58H2,1-3H3/b10-7-,18-15-,19-16-,23-20-,26-24-,29-27-,31-30-,35-34-,43-40-. The third-order valence-corrected chi connectivity index (χ3v) is 11.5. The van der Waals surface area contributed by atoms with Crippen molar-refractivity contribution in [2.45, 2.75) is 252 Å². The minimum atomic E-state index is -0.805. The van der Waals surface area contributed by atoms with Crippen LogP contribution in [-0.4, -0.2) is 37.2 Å². The quantitative estimate of drug-likeness (QED) is 0.0262. The van der Waals surface area contributed by atoms with Crippen LogP contribution < -0.4 is 0 Å². The van der Waals surface area contributed by atoms with E-state index in [4.69, 9.17) is 14.2 Å². The molecule has 0 spiro atoms. The molecule has 0 N–H and O–H groups in total. The van der Waals surface area contributed by atoms with Crippen molar-refractivity contribution in [1.82, 2.24) is 0 Å². The summed E-state index contributed by atoms with van der Waals surface area (Å²) >= 11 is 0. The van der Waals surface area contributed by atoms with E-state index in [-0.39, 0.29) is 31.1 Å². The van der Waals surface area contributed by atoms with Gasteiger partial charge in [0.25, 0.3) is 0 Å². The molecule has 6 heteroatoms. The molecule has 0 radical (unpaired) electrons. The molecule has 0 heterocycles. The Balaban J connectivity index is 4.46. The molecule has 0 aliphatic rings. The van der Waals surface area contributed by atoms with Gasteiger partial charge in [-0.05, 0) is 122 Å². The zero-order chi connectivity index (χ0) is 49.3. The van der Waals surface area contributed by atoms with Crippen molar-refractivity contribution in [2.75, 3.05) is 13.2 Å². The van der Waals surface area contributed by atoms with Gasteiger partial charge in [-0.15, -0.1) is 0 Å². The van der Waals surface area contributed by atoms with E-state index in [1.165, 1.54) is 83.5 Å². The van der Waals surface area contributed by atoms with Crippen LogP contribution in [0.3, 0.4) is 0 Å². The first kappa shape index (κ1) is 64.1. The van der Waals surface area contributed by atoms with Crippen LogP contribution in [0.5, 0.6) is 0 Å². The van der Waals surface area contributed by atoms with Crippen molar-refractivity contribution >= 4 is 17.9 Å². The van der Waals surface area contributed by atoms with Crippen molar-refractivity contribution in [2.24, 2.45) is 0 Å². The van der Waals surface area contributed by atoms with Crippen LogP contribution in [0.4, 0.5) is 0 Å². The lowest BCUT2D eigenvalue weighted by Crippen LogP contribution is -2.30. The summed E-state index contributed by atoms with van der Waals surface area (Å²) in [5.74, 6) is -0.965. The highest BCUT2D eigenvalue weighted by atomic mass is 16.6. The SMILES string of the molecule is CC/C=C\C/C=C\C/C=C\C/C=C\C/C=C\C/C=C\CCCCC(=O)OCC(COC(=O)CCCCCCC/C=C\CCCC)OC(=O)CCCCCCCCC/C=C\C/C=C\CCCCCC. The van der Waals surface area contributed by atoms with Crippen molar-refractivity contribution in [3.63, 3.8) is 0 Å². The Hall–Kier alpha value is -3.93. The molecule has 1 atom stereocenters. The molecule has 0 rings (SSSR count). The van der Waals surface area contributed by atoms with Crippen LogP contribution in [0.25, 0.3) is 0 Å². The predicted molar refractivity (Wildman–Crippen MR) is 293 cm³/mol. The first-order valence-electron chi connectivity index (χ1n) is 27.9. The Bertz CT molecular complexity index is 1410. The minimum Gasteiger partial charge on any atom is -0.462 e. The van der Waals surface area contributed by atoms with Crippen LogP contribution in [0, 0.1) is 0 Å². The first-order valence-corrected chi connectivity index (χ1v) is 27.9. The molecule has 0 saturated carbocycles. The average Bonchev–Trinajstić information content (AvgIpc) is 3.34. The molecule has 1 unspecified atom stereocenters. The molecule has 0 bridgehead atoms. The lowest BCUT2D eigenvalue weighted by atomic mass is 10.1. The number of allylic oxidation sites excluding steroid dienone is 18. The molecule has 6 nitrogen and oxygen atoms in total. The zero-order valence-corrected chi connectivity index (χ0v) is 44.1. The number of rotatable bonds is 49. The van der Waals surface area contributed by atoms with Gasteiger partial charge in [0.05, 0.1) is 0 Å². The van der Waals surface area contributed by atoms with Gasteiger partial charge in [-0.3, -0.25) is 14.4 Å². The van der Waals surface area contributed by atoms with Gasteiger partial charge in [0.2, 0.25) is 0 Å². The summed E-state index contributed by atoms with van der Waals surface area (Å²) in [6.07, 6.45) is 75.0. The molecule has 0 aliphatic heterocycles. The summed E-state index contributed by atoms with van der Waals surface area (Å²) in [5, 5.41) is 0. The van der Waals surface area contributed by atoms with Crippen molar-refractivity contribution in [3.05, 3.63) is 109 Å². The molecule has 0 aliphatic carbocycles. The van der Waals surface area contributed by atoms with Gasteiger partial charge >= 0.3 is 17.9 Å². The average molecular weight is 943 g/mol. The Labute approximate surface area is 419 Å². The smallest absolute Gasteiger partial charge is 0.306 e. The van der Waals surface area contributed by atoms with E-state index in [0.29, 0.717) is 25.7 Å². The fourth-order valence-corrected chi connectivity index (χ4v) is 7.28. The van der Waals surface area contributed by atoms with Crippen LogP contribution >= 0.6 is 0 Å². The number of hydrogen-bond donors (Lipinski definition) is 0. The maximum atomic E-state index is 12.8. The second-order valence-corrected chi connectivity index (χ2v) is 18.1. The van der Waals surface area contributed by atoms with Gasteiger partial charge in [0.15, 0.2) is 6.10 Å².